The largest absolute Gasteiger partial charge is 0.381 e. The number of carbonyl (C=O) groups is 1. The van der Waals surface area contributed by atoms with E-state index in [0.29, 0.717) is 37.4 Å². The van der Waals surface area contributed by atoms with E-state index >= 15 is 0 Å². The molecule has 4 heterocycles. The molecule has 3 atom stereocenters. The van der Waals surface area contributed by atoms with Crippen LogP contribution in [0.3, 0.4) is 0 Å². The Bertz CT molecular complexity index is 577. The molecule has 3 fully saturated rings. The molecular weight excluding hydrogens is 318 g/mol. The molecule has 0 saturated carbocycles. The van der Waals surface area contributed by atoms with Gasteiger partial charge in [-0.15, -0.1) is 0 Å². The highest BCUT2D eigenvalue weighted by Gasteiger charge is 2.42. The lowest BCUT2D eigenvalue weighted by atomic mass is 9.81. The number of pyridine rings is 1. The summed E-state index contributed by atoms with van der Waals surface area (Å²) in [4.78, 5) is 25.0. The van der Waals surface area contributed by atoms with Gasteiger partial charge < -0.3 is 4.74 Å². The van der Waals surface area contributed by atoms with Gasteiger partial charge in [-0.1, -0.05) is 6.07 Å². The Balaban J connectivity index is 1.35. The van der Waals surface area contributed by atoms with Crippen LogP contribution in [-0.4, -0.2) is 60.3 Å². The van der Waals surface area contributed by atoms with Crippen molar-refractivity contribution in [1.29, 1.82) is 0 Å². The fraction of sp³-hybridized carbons (Fsp3) is 0.684. The Labute approximate surface area is 149 Å². The van der Waals surface area contributed by atoms with Gasteiger partial charge in [0.05, 0.1) is 25.5 Å². The first-order valence-electron chi connectivity index (χ1n) is 9.43. The monoisotopic (exact) mass is 345 g/mol. The average molecular weight is 345 g/mol. The summed E-state index contributed by atoms with van der Waals surface area (Å²) in [6.45, 7) is 5.84. The van der Waals surface area contributed by atoms with Gasteiger partial charge in [-0.25, -0.2) is 5.06 Å². The number of amides is 1. The summed E-state index contributed by atoms with van der Waals surface area (Å²) in [6, 6.07) is 6.06. The van der Waals surface area contributed by atoms with Crippen molar-refractivity contribution >= 4 is 5.91 Å². The maximum atomic E-state index is 12.5. The summed E-state index contributed by atoms with van der Waals surface area (Å²) in [6.07, 6.45) is 4.47. The quantitative estimate of drug-likeness (QED) is 0.832. The first-order chi connectivity index (χ1) is 12.3. The van der Waals surface area contributed by atoms with Crippen LogP contribution in [0.2, 0.25) is 0 Å². The SMILES string of the molecule is O=C(C[C@@H]1COC[C@H]2CN(Cc3ccccn3)C[C@@H]12)N1CCCCO1. The van der Waals surface area contributed by atoms with Gasteiger partial charge in [-0.3, -0.25) is 19.5 Å². The molecule has 1 aromatic rings. The molecule has 6 nitrogen and oxygen atoms in total. The second-order valence-corrected chi connectivity index (χ2v) is 7.48. The molecule has 0 radical (unpaired) electrons. The Morgan fingerprint density at radius 2 is 2.20 bits per heavy atom. The molecule has 6 heteroatoms. The lowest BCUT2D eigenvalue weighted by molar-refractivity contribution is -0.199. The number of fused-ring (bicyclic) bond motifs is 1. The van der Waals surface area contributed by atoms with Crippen molar-refractivity contribution < 1.29 is 14.4 Å². The number of ether oxygens (including phenoxy) is 1. The maximum Gasteiger partial charge on any atom is 0.246 e. The Kier molecular flexibility index (Phi) is 5.29. The first-order valence-corrected chi connectivity index (χ1v) is 9.43. The fourth-order valence-corrected chi connectivity index (χ4v) is 4.37. The number of likely N-dealkylation sites (tertiary alicyclic amines) is 1. The molecule has 25 heavy (non-hydrogen) atoms. The van der Waals surface area contributed by atoms with E-state index in [9.17, 15) is 4.79 Å². The van der Waals surface area contributed by atoms with Crippen LogP contribution >= 0.6 is 0 Å². The van der Waals surface area contributed by atoms with Crippen LogP contribution in [0.4, 0.5) is 0 Å². The van der Waals surface area contributed by atoms with Crippen molar-refractivity contribution in [3.63, 3.8) is 0 Å². The molecule has 0 aliphatic carbocycles. The zero-order chi connectivity index (χ0) is 17.1. The number of hydrogen-bond donors (Lipinski definition) is 0. The molecule has 0 N–H and O–H groups in total. The van der Waals surface area contributed by atoms with Gasteiger partial charge in [0.1, 0.15) is 0 Å². The van der Waals surface area contributed by atoms with Crippen molar-refractivity contribution in [1.82, 2.24) is 14.9 Å². The lowest BCUT2D eigenvalue weighted by Crippen LogP contribution is -2.41. The molecular formula is C19H27N3O3. The van der Waals surface area contributed by atoms with E-state index in [4.69, 9.17) is 9.57 Å². The summed E-state index contributed by atoms with van der Waals surface area (Å²) >= 11 is 0. The molecule has 0 aromatic carbocycles. The van der Waals surface area contributed by atoms with E-state index in [-0.39, 0.29) is 5.91 Å². The summed E-state index contributed by atoms with van der Waals surface area (Å²) in [5.74, 6) is 1.48. The van der Waals surface area contributed by atoms with Gasteiger partial charge in [-0.2, -0.15) is 0 Å². The fourth-order valence-electron chi connectivity index (χ4n) is 4.37. The molecule has 0 spiro atoms. The van der Waals surface area contributed by atoms with E-state index in [1.807, 2.05) is 18.3 Å². The van der Waals surface area contributed by atoms with Gasteiger partial charge in [0, 0.05) is 38.8 Å². The average Bonchev–Trinajstić information content (AvgIpc) is 3.07. The smallest absolute Gasteiger partial charge is 0.246 e. The predicted octanol–water partition coefficient (Wildman–Crippen LogP) is 1.72. The molecule has 4 rings (SSSR count). The Hall–Kier alpha value is -1.50. The number of hydrogen-bond acceptors (Lipinski definition) is 5. The van der Waals surface area contributed by atoms with Crippen LogP contribution in [0.1, 0.15) is 25.0 Å². The van der Waals surface area contributed by atoms with Crippen LogP contribution in [0.15, 0.2) is 24.4 Å². The topological polar surface area (TPSA) is 54.9 Å². The normalized spacial score (nSPS) is 30.2. The van der Waals surface area contributed by atoms with Gasteiger partial charge in [-0.05, 0) is 42.7 Å². The van der Waals surface area contributed by atoms with Crippen LogP contribution in [0.25, 0.3) is 0 Å². The number of hydroxylamine groups is 2. The minimum Gasteiger partial charge on any atom is -0.381 e. The highest BCUT2D eigenvalue weighted by atomic mass is 16.7. The van der Waals surface area contributed by atoms with Crippen LogP contribution in [-0.2, 0) is 20.9 Å². The summed E-state index contributed by atoms with van der Waals surface area (Å²) < 4.78 is 5.83. The van der Waals surface area contributed by atoms with E-state index in [1.54, 1.807) is 5.06 Å². The van der Waals surface area contributed by atoms with E-state index in [2.05, 4.69) is 16.0 Å². The Morgan fingerprint density at radius 1 is 1.24 bits per heavy atom. The van der Waals surface area contributed by atoms with Crippen molar-refractivity contribution in [2.45, 2.75) is 25.8 Å². The molecule has 0 unspecified atom stereocenters. The lowest BCUT2D eigenvalue weighted by Gasteiger charge is -2.34. The zero-order valence-corrected chi connectivity index (χ0v) is 14.7. The van der Waals surface area contributed by atoms with Gasteiger partial charge in [0.2, 0.25) is 5.91 Å². The molecule has 3 saturated heterocycles. The van der Waals surface area contributed by atoms with Crippen molar-refractivity contribution in [2.24, 2.45) is 17.8 Å². The van der Waals surface area contributed by atoms with E-state index < -0.39 is 0 Å². The first kappa shape index (κ1) is 16.9. The zero-order valence-electron chi connectivity index (χ0n) is 14.7. The second kappa shape index (κ2) is 7.81. The van der Waals surface area contributed by atoms with Gasteiger partial charge in [0.15, 0.2) is 0 Å². The summed E-state index contributed by atoms with van der Waals surface area (Å²) in [7, 11) is 0. The van der Waals surface area contributed by atoms with E-state index in [1.165, 1.54) is 0 Å². The summed E-state index contributed by atoms with van der Waals surface area (Å²) in [5, 5.41) is 1.58. The van der Waals surface area contributed by atoms with E-state index in [0.717, 1.165) is 51.3 Å². The maximum absolute atomic E-state index is 12.5. The van der Waals surface area contributed by atoms with Crippen LogP contribution in [0.5, 0.6) is 0 Å². The molecule has 3 aliphatic rings. The summed E-state index contributed by atoms with van der Waals surface area (Å²) in [5.41, 5.74) is 1.11. The predicted molar refractivity (Wildman–Crippen MR) is 92.3 cm³/mol. The minimum atomic E-state index is 0.122. The molecule has 3 aliphatic heterocycles. The number of carbonyl (C=O) groups excluding carboxylic acids is 1. The van der Waals surface area contributed by atoms with Crippen molar-refractivity contribution in [2.75, 3.05) is 39.5 Å². The second-order valence-electron chi connectivity index (χ2n) is 7.48. The highest BCUT2D eigenvalue weighted by Crippen LogP contribution is 2.36. The number of rotatable bonds is 4. The van der Waals surface area contributed by atoms with Crippen LogP contribution in [0, 0.1) is 17.8 Å². The third kappa shape index (κ3) is 4.02. The molecule has 1 amide bonds. The minimum absolute atomic E-state index is 0.122. The third-order valence-electron chi connectivity index (χ3n) is 5.67. The van der Waals surface area contributed by atoms with Crippen molar-refractivity contribution in [3.05, 3.63) is 30.1 Å². The number of nitrogens with zero attached hydrogens (tertiary/aromatic N) is 3. The van der Waals surface area contributed by atoms with Gasteiger partial charge in [0.25, 0.3) is 0 Å². The van der Waals surface area contributed by atoms with Gasteiger partial charge >= 0.3 is 0 Å². The highest BCUT2D eigenvalue weighted by molar-refractivity contribution is 5.75. The third-order valence-corrected chi connectivity index (χ3v) is 5.67. The van der Waals surface area contributed by atoms with Crippen molar-refractivity contribution in [3.8, 4) is 0 Å². The molecule has 0 bridgehead atoms. The Morgan fingerprint density at radius 3 is 3.00 bits per heavy atom. The number of aromatic nitrogens is 1. The van der Waals surface area contributed by atoms with Crippen LogP contribution < -0.4 is 0 Å². The molecule has 136 valence electrons. The standard InChI is InChI=1S/C19H27N3O3/c23-19(22-7-3-4-8-25-22)9-15-13-24-14-16-10-21(12-18(15)16)11-17-5-1-2-6-20-17/h1-2,5-6,15-16,18H,3-4,7-14H2/t15-,16-,18+/m1/s1. The molecule has 1 aromatic heterocycles.